The predicted molar refractivity (Wildman–Crippen MR) is 356 cm³/mol. The summed E-state index contributed by atoms with van der Waals surface area (Å²) in [4.78, 5) is 66.2. The molecule has 0 aromatic carbocycles. The molecule has 0 saturated heterocycles. The second-order valence-electron chi connectivity index (χ2n) is 24.9. The van der Waals surface area contributed by atoms with Crippen LogP contribution >= 0.6 is 21.6 Å². The van der Waals surface area contributed by atoms with Crippen molar-refractivity contribution in [3.63, 3.8) is 0 Å². The van der Waals surface area contributed by atoms with Crippen molar-refractivity contribution < 1.29 is 47.7 Å². The van der Waals surface area contributed by atoms with Gasteiger partial charge in [0, 0.05) is 62.9 Å². The molecule has 84 heavy (non-hydrogen) atoms. The topological polar surface area (TPSA) is 159 Å². The molecule has 2 atom stereocenters. The number of ether oxygens (including phenoxy) is 5. The minimum absolute atomic E-state index is 0.0310. The van der Waals surface area contributed by atoms with Crippen molar-refractivity contribution in [3.05, 3.63) is 0 Å². The summed E-state index contributed by atoms with van der Waals surface area (Å²) >= 11 is 0. The number of carbonyl (C=O) groups is 5. The minimum Gasteiger partial charge on any atom is -0.465 e. The second-order valence-corrected chi connectivity index (χ2v) is 27.6. The highest BCUT2D eigenvalue weighted by atomic mass is 33.1. The largest absolute Gasteiger partial charge is 0.465 e. The first-order valence-corrected chi connectivity index (χ1v) is 37.5. The zero-order valence-corrected chi connectivity index (χ0v) is 57.5. The number of alkyl carbamates (subject to hydrolysis) is 1. The van der Waals surface area contributed by atoms with Crippen molar-refractivity contribution in [2.24, 2.45) is 11.8 Å². The Morgan fingerprint density at radius 3 is 1.33 bits per heavy atom. The Bertz CT molecular complexity index is 1470. The molecule has 3 amide bonds. The Morgan fingerprint density at radius 1 is 0.417 bits per heavy atom. The first kappa shape index (κ1) is 81.8. The zero-order valence-electron chi connectivity index (χ0n) is 55.8. The fourth-order valence-corrected chi connectivity index (χ4v) is 12.4. The number of amides is 3. The van der Waals surface area contributed by atoms with Crippen molar-refractivity contribution in [1.29, 1.82) is 0 Å². The van der Waals surface area contributed by atoms with Gasteiger partial charge in [0.1, 0.15) is 5.60 Å². The van der Waals surface area contributed by atoms with Crippen LogP contribution in [0.3, 0.4) is 0 Å². The lowest BCUT2D eigenvalue weighted by molar-refractivity contribution is -0.146. The maximum atomic E-state index is 14.3. The van der Waals surface area contributed by atoms with Gasteiger partial charge in [0.25, 0.3) is 0 Å². The Kier molecular flexibility index (Phi) is 59.4. The van der Waals surface area contributed by atoms with Gasteiger partial charge in [-0.2, -0.15) is 0 Å². The first-order chi connectivity index (χ1) is 40.8. The summed E-state index contributed by atoms with van der Waals surface area (Å²) in [7, 11) is 3.42. The maximum absolute atomic E-state index is 14.3. The van der Waals surface area contributed by atoms with Gasteiger partial charge in [0.2, 0.25) is 11.8 Å². The van der Waals surface area contributed by atoms with E-state index in [9.17, 15) is 24.0 Å². The highest BCUT2D eigenvalue weighted by molar-refractivity contribution is 8.76. The van der Waals surface area contributed by atoms with Gasteiger partial charge >= 0.3 is 18.0 Å². The van der Waals surface area contributed by atoms with Crippen LogP contribution in [0.25, 0.3) is 0 Å². The SMILES string of the molecule is CCCCCCCCCN(C(=O)CCSSCCNC(=O)CCOCCOCCNC(=O)OC(C)(C)C)C(CCCCCCCCC(=O)OCC(CCCC)CCCCCC)CCCCCCCCC(=O)OCC(CCCC)CCCCCC. The van der Waals surface area contributed by atoms with Gasteiger partial charge in [-0.3, -0.25) is 19.2 Å². The Morgan fingerprint density at radius 2 is 0.833 bits per heavy atom. The molecule has 0 aliphatic carbocycles. The van der Waals surface area contributed by atoms with Crippen molar-refractivity contribution in [2.45, 2.75) is 330 Å². The number of nitrogens with one attached hydrogen (secondary N) is 2. The van der Waals surface area contributed by atoms with Crippen molar-refractivity contribution in [2.75, 3.05) is 70.8 Å². The van der Waals surface area contributed by atoms with E-state index in [1.807, 2.05) is 20.8 Å². The Hall–Kier alpha value is -2.23. The van der Waals surface area contributed by atoms with Gasteiger partial charge in [-0.15, -0.1) is 0 Å². The Balaban J connectivity index is 5.26. The van der Waals surface area contributed by atoms with E-state index < -0.39 is 11.7 Å². The molecule has 496 valence electrons. The van der Waals surface area contributed by atoms with Gasteiger partial charge in [-0.05, 0) is 90.4 Å². The summed E-state index contributed by atoms with van der Waals surface area (Å²) in [5.74, 6) is 2.65. The van der Waals surface area contributed by atoms with Crippen molar-refractivity contribution in [3.8, 4) is 0 Å². The van der Waals surface area contributed by atoms with Crippen LogP contribution in [0, 0.1) is 11.8 Å². The van der Waals surface area contributed by atoms with Gasteiger partial charge in [0.05, 0.1) is 39.6 Å². The molecule has 0 aliphatic rings. The third-order valence-corrected chi connectivity index (χ3v) is 18.1. The van der Waals surface area contributed by atoms with Crippen molar-refractivity contribution >= 4 is 51.4 Å². The molecule has 0 fully saturated rings. The number of hydrogen-bond donors (Lipinski definition) is 2. The summed E-state index contributed by atoms with van der Waals surface area (Å²) in [6.07, 6.45) is 44.3. The third-order valence-electron chi connectivity index (χ3n) is 15.7. The molecule has 13 nitrogen and oxygen atoms in total. The third kappa shape index (κ3) is 56.3. The van der Waals surface area contributed by atoms with E-state index in [-0.39, 0.29) is 36.2 Å². The molecular weight excluding hydrogens is 1090 g/mol. The molecule has 0 heterocycles. The number of nitrogens with zero attached hydrogens (tertiary/aromatic N) is 1. The number of unbranched alkanes of at least 4 members (excludes halogenated alkanes) is 24. The normalized spacial score (nSPS) is 12.7. The van der Waals surface area contributed by atoms with Crippen LogP contribution in [0.15, 0.2) is 0 Å². The molecule has 2 unspecified atom stereocenters. The van der Waals surface area contributed by atoms with E-state index in [2.05, 4.69) is 50.2 Å². The summed E-state index contributed by atoms with van der Waals surface area (Å²) < 4.78 is 27.9. The predicted octanol–water partition coefficient (Wildman–Crippen LogP) is 18.7. The van der Waals surface area contributed by atoms with Crippen molar-refractivity contribution in [1.82, 2.24) is 15.5 Å². The van der Waals surface area contributed by atoms with Gasteiger partial charge in [-0.1, -0.05) is 236 Å². The molecule has 2 N–H and O–H groups in total. The zero-order chi connectivity index (χ0) is 61.8. The lowest BCUT2D eigenvalue weighted by Crippen LogP contribution is -2.41. The average Bonchev–Trinajstić information content (AvgIpc) is 3.60. The molecule has 0 radical (unpaired) electrons. The Labute approximate surface area is 524 Å². The van der Waals surface area contributed by atoms with Crippen LogP contribution in [0.4, 0.5) is 4.79 Å². The van der Waals surface area contributed by atoms with E-state index in [4.69, 9.17) is 23.7 Å². The molecule has 0 rings (SSSR count). The number of hydrogen-bond acceptors (Lipinski definition) is 12. The van der Waals surface area contributed by atoms with Gasteiger partial charge < -0.3 is 39.2 Å². The minimum atomic E-state index is -0.545. The van der Waals surface area contributed by atoms with E-state index >= 15 is 0 Å². The lowest BCUT2D eigenvalue weighted by atomic mass is 9.96. The van der Waals surface area contributed by atoms with E-state index in [0.717, 1.165) is 134 Å². The maximum Gasteiger partial charge on any atom is 0.407 e. The van der Waals surface area contributed by atoms with Crippen LogP contribution in [0.5, 0.6) is 0 Å². The molecule has 0 aromatic rings. The fourth-order valence-electron chi connectivity index (χ4n) is 10.5. The van der Waals surface area contributed by atoms with Crippen LogP contribution < -0.4 is 10.6 Å². The standard InChI is InChI=1S/C69H133N3O10S2/c1-9-14-19-22-27-32-39-52-72(65(74)49-57-83-84-58-51-70-64(73)48-53-78-55-56-79-54-50-71-68(77)82-69(6,7)8)63(44-35-28-23-25-30-37-46-66(75)80-59-61(40-17-12-4)42-33-20-15-10-2)45-36-29-24-26-31-38-47-67(76)81-60-62(41-18-13-5)43-34-21-16-11-3/h61-63H,9-60H2,1-8H3,(H,70,73)(H,71,77). The highest BCUT2D eigenvalue weighted by Gasteiger charge is 2.23. The quantitative estimate of drug-likeness (QED) is 0.0257. The average molecular weight is 1230 g/mol. The van der Waals surface area contributed by atoms with Crippen LogP contribution in [-0.2, 0) is 42.9 Å². The van der Waals surface area contributed by atoms with Gasteiger partial charge in [0.15, 0.2) is 0 Å². The second kappa shape index (κ2) is 61.0. The van der Waals surface area contributed by atoms with E-state index in [0.29, 0.717) is 83.8 Å². The first-order valence-electron chi connectivity index (χ1n) is 35.0. The summed E-state index contributed by atoms with van der Waals surface area (Å²) in [5.41, 5.74) is -0.545. The molecule has 0 spiro atoms. The molecule has 0 saturated carbocycles. The number of carbonyl (C=O) groups excluding carboxylic acids is 5. The van der Waals surface area contributed by atoms with Gasteiger partial charge in [-0.25, -0.2) is 4.79 Å². The van der Waals surface area contributed by atoms with Crippen LogP contribution in [-0.4, -0.2) is 117 Å². The summed E-state index contributed by atoms with van der Waals surface area (Å²) in [6.45, 7) is 21.0. The highest BCUT2D eigenvalue weighted by Crippen LogP contribution is 2.26. The number of esters is 2. The molecule has 0 aromatic heterocycles. The summed E-state index contributed by atoms with van der Waals surface area (Å²) in [5, 5.41) is 5.64. The smallest absolute Gasteiger partial charge is 0.407 e. The number of rotatable bonds is 63. The molecule has 15 heteroatoms. The molecule has 0 aliphatic heterocycles. The van der Waals surface area contributed by atoms with Crippen LogP contribution in [0.1, 0.15) is 319 Å². The van der Waals surface area contributed by atoms with E-state index in [1.165, 1.54) is 122 Å². The van der Waals surface area contributed by atoms with E-state index in [1.54, 1.807) is 21.6 Å². The fraction of sp³-hybridized carbons (Fsp3) is 0.928. The lowest BCUT2D eigenvalue weighted by Gasteiger charge is -2.33. The molecular formula is C69H133N3O10S2. The summed E-state index contributed by atoms with van der Waals surface area (Å²) in [6, 6.07) is 0.236. The monoisotopic (exact) mass is 1230 g/mol. The van der Waals surface area contributed by atoms with Crippen LogP contribution in [0.2, 0.25) is 0 Å². The molecule has 0 bridgehead atoms.